The summed E-state index contributed by atoms with van der Waals surface area (Å²) in [5.74, 6) is 0.709. The molecule has 3 heterocycles. The number of nitrogens with zero attached hydrogens (tertiary/aromatic N) is 2. The Kier molecular flexibility index (Phi) is 8.40. The third-order valence-corrected chi connectivity index (χ3v) is 8.61. The zero-order valence-corrected chi connectivity index (χ0v) is 25.9. The number of carbonyl (C=O) groups is 2. The Labute approximate surface area is 265 Å². The fraction of sp³-hybridized carbons (Fsp3) is 0.265. The minimum atomic E-state index is -0.417. The molecular weight excluding hydrogens is 596 g/mol. The molecular formula is C34H33ClN4O6. The van der Waals surface area contributed by atoms with Gasteiger partial charge in [-0.15, -0.1) is 0 Å². The molecule has 2 atom stereocenters. The van der Waals surface area contributed by atoms with Crippen molar-refractivity contribution in [3.05, 3.63) is 105 Å². The van der Waals surface area contributed by atoms with Gasteiger partial charge in [0.25, 0.3) is 17.4 Å². The Bertz CT molecular complexity index is 1800. The van der Waals surface area contributed by atoms with Gasteiger partial charge in [0.2, 0.25) is 5.75 Å². The minimum absolute atomic E-state index is 0.0185. The molecule has 4 aromatic rings. The van der Waals surface area contributed by atoms with E-state index in [1.165, 1.54) is 21.3 Å². The molecule has 0 radical (unpaired) electrons. The predicted octanol–water partition coefficient (Wildman–Crippen LogP) is 5.66. The third kappa shape index (κ3) is 6.06. The third-order valence-electron chi connectivity index (χ3n) is 8.36. The van der Waals surface area contributed by atoms with Gasteiger partial charge in [0.1, 0.15) is 0 Å². The van der Waals surface area contributed by atoms with Gasteiger partial charge in [-0.25, -0.2) is 0 Å². The molecule has 0 saturated carbocycles. The number of amides is 2. The van der Waals surface area contributed by atoms with E-state index in [9.17, 15) is 14.4 Å². The van der Waals surface area contributed by atoms with Gasteiger partial charge in [-0.2, -0.15) is 0 Å². The monoisotopic (exact) mass is 628 g/mol. The van der Waals surface area contributed by atoms with E-state index >= 15 is 0 Å². The van der Waals surface area contributed by atoms with Gasteiger partial charge in [-0.3, -0.25) is 14.4 Å². The summed E-state index contributed by atoms with van der Waals surface area (Å²) in [7, 11) is 4.47. The molecule has 3 aromatic carbocycles. The van der Waals surface area contributed by atoms with Crippen molar-refractivity contribution in [3.8, 4) is 17.2 Å². The molecule has 1 aromatic heterocycles. The lowest BCUT2D eigenvalue weighted by Gasteiger charge is -2.44. The van der Waals surface area contributed by atoms with Crippen LogP contribution in [-0.2, 0) is 6.54 Å². The number of carbonyl (C=O) groups excluding carboxylic acids is 2. The molecule has 11 heteroatoms. The molecule has 1 saturated heterocycles. The number of anilines is 3. The second kappa shape index (κ2) is 12.6. The lowest BCUT2D eigenvalue weighted by molar-refractivity contribution is 0.101. The molecule has 2 N–H and O–H groups in total. The average molecular weight is 629 g/mol. The number of halogens is 1. The van der Waals surface area contributed by atoms with E-state index < -0.39 is 5.91 Å². The number of nitrogens with one attached hydrogen (secondary N) is 2. The summed E-state index contributed by atoms with van der Waals surface area (Å²) in [6, 6.07) is 20.7. The average Bonchev–Trinajstić information content (AvgIpc) is 3.05. The Balaban J connectivity index is 1.35. The van der Waals surface area contributed by atoms with Gasteiger partial charge < -0.3 is 34.3 Å². The van der Waals surface area contributed by atoms with Gasteiger partial charge in [0, 0.05) is 59.1 Å². The normalized spacial score (nSPS) is 16.8. The largest absolute Gasteiger partial charge is 0.493 e. The number of hydrogen-bond donors (Lipinski definition) is 2. The van der Waals surface area contributed by atoms with Crippen LogP contribution < -0.4 is 35.3 Å². The first kappa shape index (κ1) is 30.1. The van der Waals surface area contributed by atoms with Crippen LogP contribution in [-0.4, -0.2) is 50.8 Å². The second-order valence-corrected chi connectivity index (χ2v) is 11.6. The highest BCUT2D eigenvalue weighted by Crippen LogP contribution is 2.41. The van der Waals surface area contributed by atoms with Crippen molar-refractivity contribution in [1.82, 2.24) is 4.57 Å². The van der Waals surface area contributed by atoms with E-state index in [2.05, 4.69) is 15.5 Å². The first-order valence-corrected chi connectivity index (χ1v) is 14.9. The van der Waals surface area contributed by atoms with Crippen molar-refractivity contribution in [2.45, 2.75) is 18.9 Å². The number of fused-ring (bicyclic) bond motifs is 4. The maximum Gasteiger partial charge on any atom is 0.255 e. The summed E-state index contributed by atoms with van der Waals surface area (Å²) in [6.07, 6.45) is 0.981. The van der Waals surface area contributed by atoms with Crippen molar-refractivity contribution in [1.29, 1.82) is 0 Å². The zero-order chi connectivity index (χ0) is 31.7. The molecule has 2 bridgehead atoms. The van der Waals surface area contributed by atoms with Crippen LogP contribution in [0.25, 0.3) is 0 Å². The van der Waals surface area contributed by atoms with E-state index in [0.29, 0.717) is 58.8 Å². The van der Waals surface area contributed by atoms with Crippen molar-refractivity contribution >= 4 is 40.5 Å². The predicted molar refractivity (Wildman–Crippen MR) is 174 cm³/mol. The van der Waals surface area contributed by atoms with Crippen molar-refractivity contribution in [2.75, 3.05) is 50.0 Å². The molecule has 0 aliphatic carbocycles. The molecule has 2 aliphatic rings. The summed E-state index contributed by atoms with van der Waals surface area (Å²) < 4.78 is 18.2. The molecule has 232 valence electrons. The summed E-state index contributed by atoms with van der Waals surface area (Å²) in [5, 5.41) is 6.49. The van der Waals surface area contributed by atoms with Crippen LogP contribution in [0.4, 0.5) is 17.1 Å². The zero-order valence-electron chi connectivity index (χ0n) is 25.1. The van der Waals surface area contributed by atoms with Crippen LogP contribution in [0.15, 0.2) is 77.6 Å². The SMILES string of the molecule is COc1cc(C(=O)Nc2cc(C(=O)Nc3ccc(Cl)cc3)ccc2N2C[C@H]3C[C@@H](C2)c2cccc(=O)n2C3)cc(OC)c1OC. The molecule has 0 spiro atoms. The molecule has 1 fully saturated rings. The Morgan fingerprint density at radius 1 is 0.800 bits per heavy atom. The first-order chi connectivity index (χ1) is 21.8. The smallest absolute Gasteiger partial charge is 0.255 e. The number of piperidine rings is 1. The van der Waals surface area contributed by atoms with Crippen molar-refractivity contribution in [3.63, 3.8) is 0 Å². The number of benzene rings is 3. The van der Waals surface area contributed by atoms with Gasteiger partial charge in [0.05, 0.1) is 32.7 Å². The Morgan fingerprint density at radius 2 is 1.51 bits per heavy atom. The summed E-state index contributed by atoms with van der Waals surface area (Å²) in [4.78, 5) is 41.9. The van der Waals surface area contributed by atoms with E-state index in [0.717, 1.165) is 17.8 Å². The Hall–Kier alpha value is -4.96. The minimum Gasteiger partial charge on any atom is -0.493 e. The second-order valence-electron chi connectivity index (χ2n) is 11.2. The molecule has 10 nitrogen and oxygen atoms in total. The fourth-order valence-electron chi connectivity index (χ4n) is 6.29. The highest BCUT2D eigenvalue weighted by molar-refractivity contribution is 6.30. The fourth-order valence-corrected chi connectivity index (χ4v) is 6.42. The van der Waals surface area contributed by atoms with E-state index in [1.54, 1.807) is 54.6 Å². The maximum atomic E-state index is 13.8. The summed E-state index contributed by atoms with van der Waals surface area (Å²) in [5.41, 5.74) is 3.53. The van der Waals surface area contributed by atoms with Crippen molar-refractivity contribution in [2.24, 2.45) is 5.92 Å². The molecule has 6 rings (SSSR count). The van der Waals surface area contributed by atoms with Crippen LogP contribution >= 0.6 is 11.6 Å². The lowest BCUT2D eigenvalue weighted by Crippen LogP contribution is -2.47. The first-order valence-electron chi connectivity index (χ1n) is 14.5. The number of rotatable bonds is 8. The number of methoxy groups -OCH3 is 3. The van der Waals surface area contributed by atoms with Crippen LogP contribution in [0.1, 0.15) is 38.7 Å². The number of hydrogen-bond acceptors (Lipinski definition) is 7. The van der Waals surface area contributed by atoms with Gasteiger partial charge in [0.15, 0.2) is 11.5 Å². The topological polar surface area (TPSA) is 111 Å². The Morgan fingerprint density at radius 3 is 2.20 bits per heavy atom. The van der Waals surface area contributed by atoms with Gasteiger partial charge in [-0.1, -0.05) is 17.7 Å². The van der Waals surface area contributed by atoms with Crippen LogP contribution in [0.3, 0.4) is 0 Å². The molecule has 2 aliphatic heterocycles. The van der Waals surface area contributed by atoms with Crippen molar-refractivity contribution < 1.29 is 23.8 Å². The molecule has 2 amide bonds. The number of aromatic nitrogens is 1. The van der Waals surface area contributed by atoms with Gasteiger partial charge >= 0.3 is 0 Å². The molecule has 45 heavy (non-hydrogen) atoms. The van der Waals surface area contributed by atoms with E-state index in [1.807, 2.05) is 22.8 Å². The van der Waals surface area contributed by atoms with Crippen LogP contribution in [0, 0.1) is 5.92 Å². The lowest BCUT2D eigenvalue weighted by atomic mass is 9.83. The summed E-state index contributed by atoms with van der Waals surface area (Å²) in [6.45, 7) is 1.99. The standard InChI is InChI=1S/C34H33ClN4O6/c1-43-29-15-22(16-30(44-2)32(29)45-3)34(42)37-26-14-21(33(41)36-25-10-8-24(35)9-11-25)7-12-28(26)38-17-20-13-23(19-38)27-5-4-6-31(40)39(27)18-20/h4-12,14-16,20,23H,13,17-19H2,1-3H3,(H,36,41)(H,37,42)/t20-,23+/m1/s1. The highest BCUT2D eigenvalue weighted by Gasteiger charge is 2.35. The quantitative estimate of drug-likeness (QED) is 0.259. The molecule has 0 unspecified atom stereocenters. The summed E-state index contributed by atoms with van der Waals surface area (Å²) >= 11 is 6.00. The number of pyridine rings is 1. The van der Waals surface area contributed by atoms with Gasteiger partial charge in [-0.05, 0) is 73.0 Å². The highest BCUT2D eigenvalue weighted by atomic mass is 35.5. The number of ether oxygens (including phenoxy) is 3. The van der Waals surface area contributed by atoms with Crippen LogP contribution in [0.5, 0.6) is 17.2 Å². The maximum absolute atomic E-state index is 13.8. The van der Waals surface area contributed by atoms with Crippen LogP contribution in [0.2, 0.25) is 5.02 Å². The van der Waals surface area contributed by atoms with E-state index in [4.69, 9.17) is 25.8 Å². The van der Waals surface area contributed by atoms with E-state index in [-0.39, 0.29) is 28.9 Å².